The van der Waals surface area contributed by atoms with E-state index in [-0.39, 0.29) is 23.3 Å². The number of aromatic nitrogens is 2. The molecule has 1 aromatic heterocycles. The monoisotopic (exact) mass is 384 g/mol. The van der Waals surface area contributed by atoms with Crippen LogP contribution in [-0.2, 0) is 0 Å². The summed E-state index contributed by atoms with van der Waals surface area (Å²) in [5, 5.41) is 5.20. The standard InChI is InChI=1S/C20H18F2N4O2/c1-12(2)28-14-8-6-13(7-9-14)25-20(27)17-10-24-18(11-23-17)26-19-15(21)4-3-5-16(19)22/h3-12H,1-2H3,(H,24,26)(H,25,27). The number of benzene rings is 2. The minimum absolute atomic E-state index is 0.0562. The lowest BCUT2D eigenvalue weighted by Crippen LogP contribution is -2.14. The molecule has 0 unspecified atom stereocenters. The van der Waals surface area contributed by atoms with Gasteiger partial charge in [0.25, 0.3) is 5.91 Å². The second kappa shape index (κ2) is 8.43. The van der Waals surface area contributed by atoms with E-state index in [0.29, 0.717) is 11.4 Å². The maximum absolute atomic E-state index is 13.7. The summed E-state index contributed by atoms with van der Waals surface area (Å²) in [5.41, 5.74) is 0.290. The summed E-state index contributed by atoms with van der Waals surface area (Å²) in [6, 6.07) is 10.4. The Morgan fingerprint density at radius 1 is 1.00 bits per heavy atom. The highest BCUT2D eigenvalue weighted by molar-refractivity contribution is 6.02. The van der Waals surface area contributed by atoms with Crippen molar-refractivity contribution < 1.29 is 18.3 Å². The van der Waals surface area contributed by atoms with Crippen molar-refractivity contribution in [2.75, 3.05) is 10.6 Å². The summed E-state index contributed by atoms with van der Waals surface area (Å²) in [7, 11) is 0. The van der Waals surface area contributed by atoms with E-state index in [9.17, 15) is 13.6 Å². The molecule has 3 rings (SSSR count). The quantitative estimate of drug-likeness (QED) is 0.653. The van der Waals surface area contributed by atoms with Gasteiger partial charge in [-0.1, -0.05) is 6.07 Å². The van der Waals surface area contributed by atoms with Crippen molar-refractivity contribution in [3.8, 4) is 5.75 Å². The molecule has 0 saturated carbocycles. The van der Waals surface area contributed by atoms with E-state index in [2.05, 4.69) is 20.6 Å². The van der Waals surface area contributed by atoms with Gasteiger partial charge in [0.2, 0.25) is 0 Å². The highest BCUT2D eigenvalue weighted by Crippen LogP contribution is 2.22. The first-order chi connectivity index (χ1) is 13.4. The van der Waals surface area contributed by atoms with Gasteiger partial charge in [-0.2, -0.15) is 0 Å². The molecule has 1 amide bonds. The molecular weight excluding hydrogens is 366 g/mol. The fourth-order valence-electron chi connectivity index (χ4n) is 2.34. The summed E-state index contributed by atoms with van der Waals surface area (Å²) >= 11 is 0. The van der Waals surface area contributed by atoms with E-state index in [4.69, 9.17) is 4.74 Å². The normalized spacial score (nSPS) is 10.6. The SMILES string of the molecule is CC(C)Oc1ccc(NC(=O)c2cnc(Nc3c(F)cccc3F)cn2)cc1. The number of amides is 1. The van der Waals surface area contributed by atoms with E-state index < -0.39 is 17.5 Å². The second-order valence-electron chi connectivity index (χ2n) is 6.15. The molecule has 0 bridgehead atoms. The van der Waals surface area contributed by atoms with E-state index >= 15 is 0 Å². The molecule has 0 atom stereocenters. The Morgan fingerprint density at radius 2 is 1.68 bits per heavy atom. The number of para-hydroxylation sites is 1. The Labute approximate surface area is 160 Å². The molecule has 0 aliphatic heterocycles. The van der Waals surface area contributed by atoms with Gasteiger partial charge in [0.05, 0.1) is 18.5 Å². The highest BCUT2D eigenvalue weighted by Gasteiger charge is 2.12. The molecule has 2 N–H and O–H groups in total. The van der Waals surface area contributed by atoms with Gasteiger partial charge >= 0.3 is 0 Å². The summed E-state index contributed by atoms with van der Waals surface area (Å²) in [4.78, 5) is 20.2. The Bertz CT molecular complexity index is 941. The van der Waals surface area contributed by atoms with Gasteiger partial charge in [0, 0.05) is 5.69 Å². The van der Waals surface area contributed by atoms with Crippen molar-refractivity contribution in [2.45, 2.75) is 20.0 Å². The molecule has 0 fully saturated rings. The van der Waals surface area contributed by atoms with Crippen LogP contribution >= 0.6 is 0 Å². The summed E-state index contributed by atoms with van der Waals surface area (Å²) < 4.78 is 32.9. The average molecular weight is 384 g/mol. The Balaban J connectivity index is 1.65. The van der Waals surface area contributed by atoms with Crippen molar-refractivity contribution in [3.05, 3.63) is 72.2 Å². The van der Waals surface area contributed by atoms with E-state index in [1.807, 2.05) is 13.8 Å². The molecule has 0 aliphatic rings. The third-order valence-electron chi connectivity index (χ3n) is 3.58. The Morgan fingerprint density at radius 3 is 2.25 bits per heavy atom. The van der Waals surface area contributed by atoms with Crippen LogP contribution in [0.5, 0.6) is 5.75 Å². The number of ether oxygens (including phenoxy) is 1. The lowest BCUT2D eigenvalue weighted by Gasteiger charge is -2.11. The van der Waals surface area contributed by atoms with Crippen molar-refractivity contribution in [1.82, 2.24) is 9.97 Å². The number of carbonyl (C=O) groups excluding carboxylic acids is 1. The maximum atomic E-state index is 13.7. The average Bonchev–Trinajstić information content (AvgIpc) is 2.66. The molecule has 0 spiro atoms. The maximum Gasteiger partial charge on any atom is 0.275 e. The van der Waals surface area contributed by atoms with Crippen LogP contribution in [0, 0.1) is 11.6 Å². The summed E-state index contributed by atoms with van der Waals surface area (Å²) in [6.07, 6.45) is 2.49. The molecule has 144 valence electrons. The van der Waals surface area contributed by atoms with Crippen LogP contribution in [0.25, 0.3) is 0 Å². The number of hydrogen-bond acceptors (Lipinski definition) is 5. The number of nitrogens with one attached hydrogen (secondary N) is 2. The van der Waals surface area contributed by atoms with Gasteiger partial charge in [-0.3, -0.25) is 4.79 Å². The van der Waals surface area contributed by atoms with Gasteiger partial charge in [-0.15, -0.1) is 0 Å². The van der Waals surface area contributed by atoms with Gasteiger partial charge < -0.3 is 15.4 Å². The first kappa shape index (κ1) is 19.2. The number of nitrogens with zero attached hydrogens (tertiary/aromatic N) is 2. The molecular formula is C20H18F2N4O2. The lowest BCUT2D eigenvalue weighted by atomic mass is 10.3. The van der Waals surface area contributed by atoms with Crippen LogP contribution in [0.2, 0.25) is 0 Å². The van der Waals surface area contributed by atoms with Crippen LogP contribution in [0.1, 0.15) is 24.3 Å². The molecule has 0 aliphatic carbocycles. The Kier molecular flexibility index (Phi) is 5.78. The summed E-state index contributed by atoms with van der Waals surface area (Å²) in [6.45, 7) is 3.85. The van der Waals surface area contributed by atoms with Crippen LogP contribution in [0.15, 0.2) is 54.9 Å². The largest absolute Gasteiger partial charge is 0.491 e. The lowest BCUT2D eigenvalue weighted by molar-refractivity contribution is 0.102. The van der Waals surface area contributed by atoms with Crippen LogP contribution < -0.4 is 15.4 Å². The molecule has 2 aromatic carbocycles. The number of rotatable bonds is 6. The van der Waals surface area contributed by atoms with Crippen molar-refractivity contribution in [3.63, 3.8) is 0 Å². The highest BCUT2D eigenvalue weighted by atomic mass is 19.1. The third-order valence-corrected chi connectivity index (χ3v) is 3.58. The zero-order valence-corrected chi connectivity index (χ0v) is 15.2. The first-order valence-electron chi connectivity index (χ1n) is 8.53. The number of carbonyl (C=O) groups is 1. The van der Waals surface area contributed by atoms with Gasteiger partial charge in [0.1, 0.15) is 34.6 Å². The third kappa shape index (κ3) is 4.79. The zero-order valence-electron chi connectivity index (χ0n) is 15.2. The Hall–Kier alpha value is -3.55. The minimum atomic E-state index is -0.756. The van der Waals surface area contributed by atoms with Crippen LogP contribution in [0.4, 0.5) is 26.0 Å². The molecule has 28 heavy (non-hydrogen) atoms. The van der Waals surface area contributed by atoms with E-state index in [0.717, 1.165) is 12.1 Å². The number of anilines is 3. The smallest absolute Gasteiger partial charge is 0.275 e. The predicted molar refractivity (Wildman–Crippen MR) is 102 cm³/mol. The van der Waals surface area contributed by atoms with Crippen LogP contribution in [0.3, 0.4) is 0 Å². The van der Waals surface area contributed by atoms with E-state index in [1.165, 1.54) is 18.5 Å². The van der Waals surface area contributed by atoms with Crippen molar-refractivity contribution >= 4 is 23.1 Å². The molecule has 0 saturated heterocycles. The fraction of sp³-hybridized carbons (Fsp3) is 0.150. The van der Waals surface area contributed by atoms with Gasteiger partial charge in [-0.25, -0.2) is 18.7 Å². The molecule has 0 radical (unpaired) electrons. The molecule has 8 heteroatoms. The van der Waals surface area contributed by atoms with Crippen LogP contribution in [-0.4, -0.2) is 22.0 Å². The number of halogens is 2. The van der Waals surface area contributed by atoms with Gasteiger partial charge in [0.15, 0.2) is 0 Å². The molecule has 3 aromatic rings. The molecule has 1 heterocycles. The zero-order chi connectivity index (χ0) is 20.1. The minimum Gasteiger partial charge on any atom is -0.491 e. The topological polar surface area (TPSA) is 76.1 Å². The fourth-order valence-corrected chi connectivity index (χ4v) is 2.34. The number of hydrogen-bond donors (Lipinski definition) is 2. The van der Waals surface area contributed by atoms with Crippen molar-refractivity contribution in [1.29, 1.82) is 0 Å². The van der Waals surface area contributed by atoms with Gasteiger partial charge in [-0.05, 0) is 50.2 Å². The first-order valence-corrected chi connectivity index (χ1v) is 8.53. The summed E-state index contributed by atoms with van der Waals surface area (Å²) in [5.74, 6) is -1.17. The van der Waals surface area contributed by atoms with Crippen molar-refractivity contribution in [2.24, 2.45) is 0 Å². The molecule has 6 nitrogen and oxygen atoms in total. The second-order valence-corrected chi connectivity index (χ2v) is 6.15. The predicted octanol–water partition coefficient (Wildman–Crippen LogP) is 4.54. The van der Waals surface area contributed by atoms with E-state index in [1.54, 1.807) is 24.3 Å².